The van der Waals surface area contributed by atoms with Crippen molar-refractivity contribution in [1.29, 1.82) is 0 Å². The van der Waals surface area contributed by atoms with Gasteiger partial charge in [0.1, 0.15) is 0 Å². The van der Waals surface area contributed by atoms with E-state index >= 15 is 0 Å². The van der Waals surface area contributed by atoms with Crippen molar-refractivity contribution in [3.63, 3.8) is 0 Å². The zero-order valence-corrected chi connectivity index (χ0v) is 13.7. The number of hydrogen-bond acceptors (Lipinski definition) is 4. The van der Waals surface area contributed by atoms with Crippen LogP contribution >= 0.6 is 23.7 Å². The molecule has 0 bridgehead atoms. The molecule has 6 heteroatoms. The van der Waals surface area contributed by atoms with Gasteiger partial charge in [0.25, 0.3) is 0 Å². The Morgan fingerprint density at radius 3 is 2.60 bits per heavy atom. The van der Waals surface area contributed by atoms with E-state index in [0.29, 0.717) is 5.13 Å². The van der Waals surface area contributed by atoms with E-state index in [2.05, 4.69) is 10.3 Å². The van der Waals surface area contributed by atoms with Crippen molar-refractivity contribution in [3.8, 4) is 0 Å². The number of nitrogens with zero attached hydrogens (tertiary/aromatic N) is 1. The van der Waals surface area contributed by atoms with Crippen molar-refractivity contribution in [2.45, 2.75) is 33.7 Å². The lowest BCUT2D eigenvalue weighted by Gasteiger charge is -2.25. The van der Waals surface area contributed by atoms with Crippen LogP contribution in [0.25, 0.3) is 10.2 Å². The van der Waals surface area contributed by atoms with E-state index in [1.807, 2.05) is 45.9 Å². The third-order valence-electron chi connectivity index (χ3n) is 3.07. The van der Waals surface area contributed by atoms with Gasteiger partial charge in [0.05, 0.1) is 16.3 Å². The number of carbonyl (C=O) groups is 1. The van der Waals surface area contributed by atoms with Gasteiger partial charge in [0.2, 0.25) is 5.91 Å². The van der Waals surface area contributed by atoms with Gasteiger partial charge in [-0.25, -0.2) is 4.98 Å². The third-order valence-corrected chi connectivity index (χ3v) is 4.00. The standard InChI is InChI=1S/C14H19N3OS.ClH/c1-8-6-5-7-9-10(8)16-13(19-9)17-12(18)11(15)14(2,3)4;/h5-7,11H,15H2,1-4H3,(H,16,17,18);1H/t11-;/m1./s1. The van der Waals surface area contributed by atoms with E-state index in [1.165, 1.54) is 11.3 Å². The first-order valence-corrected chi connectivity index (χ1v) is 7.03. The summed E-state index contributed by atoms with van der Waals surface area (Å²) < 4.78 is 1.07. The van der Waals surface area contributed by atoms with Gasteiger partial charge in [-0.1, -0.05) is 44.2 Å². The Kier molecular flexibility index (Phi) is 5.13. The molecule has 0 fully saturated rings. The molecule has 1 heterocycles. The highest BCUT2D eigenvalue weighted by atomic mass is 35.5. The number of amides is 1. The summed E-state index contributed by atoms with van der Waals surface area (Å²) >= 11 is 1.47. The number of carbonyl (C=O) groups excluding carboxylic acids is 1. The summed E-state index contributed by atoms with van der Waals surface area (Å²) in [6.07, 6.45) is 0. The van der Waals surface area contributed by atoms with Crippen molar-refractivity contribution in [2.75, 3.05) is 5.32 Å². The Morgan fingerprint density at radius 2 is 2.05 bits per heavy atom. The zero-order chi connectivity index (χ0) is 14.2. The molecule has 2 rings (SSSR count). The molecular formula is C14H20ClN3OS. The maximum atomic E-state index is 12.1. The SMILES string of the molecule is Cc1cccc2sc(NC(=O)[C@@H](N)C(C)(C)C)nc12.Cl. The summed E-state index contributed by atoms with van der Waals surface area (Å²) in [7, 11) is 0. The van der Waals surface area contributed by atoms with E-state index in [0.717, 1.165) is 15.8 Å². The molecule has 4 nitrogen and oxygen atoms in total. The first kappa shape index (κ1) is 16.9. The molecule has 20 heavy (non-hydrogen) atoms. The second-order valence-corrected chi connectivity index (χ2v) is 6.80. The Labute approximate surface area is 129 Å². The molecule has 0 spiro atoms. The largest absolute Gasteiger partial charge is 0.319 e. The van der Waals surface area contributed by atoms with Gasteiger partial charge in [-0.3, -0.25) is 4.79 Å². The number of rotatable bonds is 2. The molecule has 1 aromatic carbocycles. The average Bonchev–Trinajstić information content (AvgIpc) is 2.70. The highest BCUT2D eigenvalue weighted by molar-refractivity contribution is 7.22. The Bertz CT molecular complexity index is 618. The van der Waals surface area contributed by atoms with Crippen LogP contribution in [-0.2, 0) is 4.79 Å². The van der Waals surface area contributed by atoms with Gasteiger partial charge in [0.15, 0.2) is 5.13 Å². The smallest absolute Gasteiger partial charge is 0.243 e. The predicted molar refractivity (Wildman–Crippen MR) is 87.7 cm³/mol. The van der Waals surface area contributed by atoms with Crippen LogP contribution in [0.3, 0.4) is 0 Å². The van der Waals surface area contributed by atoms with Crippen molar-refractivity contribution >= 4 is 45.0 Å². The number of aryl methyl sites for hydroxylation is 1. The van der Waals surface area contributed by atoms with Gasteiger partial charge in [-0.15, -0.1) is 12.4 Å². The minimum Gasteiger partial charge on any atom is -0.319 e. The molecule has 2 aromatic rings. The minimum atomic E-state index is -0.555. The molecule has 0 unspecified atom stereocenters. The van der Waals surface area contributed by atoms with Crippen LogP contribution in [0.15, 0.2) is 18.2 Å². The Hall–Kier alpha value is -1.17. The van der Waals surface area contributed by atoms with E-state index in [9.17, 15) is 4.79 Å². The lowest BCUT2D eigenvalue weighted by atomic mass is 9.87. The summed E-state index contributed by atoms with van der Waals surface area (Å²) in [5.41, 5.74) is 7.71. The predicted octanol–water partition coefficient (Wildman–Crippen LogP) is 3.34. The number of anilines is 1. The molecule has 0 saturated carbocycles. The number of nitrogens with two attached hydrogens (primary N) is 1. The highest BCUT2D eigenvalue weighted by Gasteiger charge is 2.28. The first-order chi connectivity index (χ1) is 8.79. The summed E-state index contributed by atoms with van der Waals surface area (Å²) in [4.78, 5) is 16.5. The highest BCUT2D eigenvalue weighted by Crippen LogP contribution is 2.28. The molecule has 0 aliphatic carbocycles. The van der Waals surface area contributed by atoms with Crippen LogP contribution < -0.4 is 11.1 Å². The minimum absolute atomic E-state index is 0. The van der Waals surface area contributed by atoms with E-state index in [-0.39, 0.29) is 23.7 Å². The second-order valence-electron chi connectivity index (χ2n) is 5.77. The van der Waals surface area contributed by atoms with Crippen LogP contribution in [0.5, 0.6) is 0 Å². The number of para-hydroxylation sites is 1. The number of benzene rings is 1. The molecule has 0 aliphatic rings. The molecule has 110 valence electrons. The van der Waals surface area contributed by atoms with Crippen LogP contribution in [-0.4, -0.2) is 16.9 Å². The van der Waals surface area contributed by atoms with Crippen LogP contribution in [0.2, 0.25) is 0 Å². The fraction of sp³-hybridized carbons (Fsp3) is 0.429. The van der Waals surface area contributed by atoms with E-state index < -0.39 is 6.04 Å². The van der Waals surface area contributed by atoms with E-state index in [4.69, 9.17) is 5.73 Å². The van der Waals surface area contributed by atoms with Crippen molar-refractivity contribution < 1.29 is 4.79 Å². The van der Waals surface area contributed by atoms with Crippen LogP contribution in [0, 0.1) is 12.3 Å². The average molecular weight is 314 g/mol. The van der Waals surface area contributed by atoms with Gasteiger partial charge in [-0.05, 0) is 24.0 Å². The van der Waals surface area contributed by atoms with Gasteiger partial charge < -0.3 is 11.1 Å². The molecule has 0 aliphatic heterocycles. The normalized spacial score (nSPS) is 12.8. The summed E-state index contributed by atoms with van der Waals surface area (Å²) in [6, 6.07) is 5.44. The third kappa shape index (κ3) is 3.48. The number of thiazole rings is 1. The summed E-state index contributed by atoms with van der Waals surface area (Å²) in [5, 5.41) is 3.41. The number of hydrogen-bond donors (Lipinski definition) is 2. The Balaban J connectivity index is 0.00000200. The van der Waals surface area contributed by atoms with Gasteiger partial charge in [0, 0.05) is 0 Å². The molecule has 0 radical (unpaired) electrons. The number of nitrogens with one attached hydrogen (secondary N) is 1. The quantitative estimate of drug-likeness (QED) is 0.893. The maximum absolute atomic E-state index is 12.1. The summed E-state index contributed by atoms with van der Waals surface area (Å²) in [5.74, 6) is -0.191. The fourth-order valence-corrected chi connectivity index (χ4v) is 2.66. The number of aromatic nitrogens is 1. The fourth-order valence-electron chi connectivity index (χ4n) is 1.72. The van der Waals surface area contributed by atoms with E-state index in [1.54, 1.807) is 0 Å². The topological polar surface area (TPSA) is 68.0 Å². The lowest BCUT2D eigenvalue weighted by Crippen LogP contribution is -2.45. The number of fused-ring (bicyclic) bond motifs is 1. The van der Waals surface area contributed by atoms with Crippen LogP contribution in [0.4, 0.5) is 5.13 Å². The molecule has 0 saturated heterocycles. The Morgan fingerprint density at radius 1 is 1.40 bits per heavy atom. The summed E-state index contributed by atoms with van der Waals surface area (Å²) in [6.45, 7) is 7.84. The van der Waals surface area contributed by atoms with Gasteiger partial charge in [-0.2, -0.15) is 0 Å². The first-order valence-electron chi connectivity index (χ1n) is 6.21. The second kappa shape index (κ2) is 6.08. The molecule has 1 atom stereocenters. The van der Waals surface area contributed by atoms with Crippen LogP contribution in [0.1, 0.15) is 26.3 Å². The van der Waals surface area contributed by atoms with Crippen molar-refractivity contribution in [2.24, 2.45) is 11.1 Å². The maximum Gasteiger partial charge on any atom is 0.243 e. The molecule has 1 amide bonds. The van der Waals surface area contributed by atoms with Gasteiger partial charge >= 0.3 is 0 Å². The van der Waals surface area contributed by atoms with Crippen molar-refractivity contribution in [1.82, 2.24) is 4.98 Å². The number of halogens is 1. The molecular weight excluding hydrogens is 294 g/mol. The lowest BCUT2D eigenvalue weighted by molar-refractivity contribution is -0.119. The monoisotopic (exact) mass is 313 g/mol. The molecule has 1 aromatic heterocycles. The molecule has 3 N–H and O–H groups in total. The zero-order valence-electron chi connectivity index (χ0n) is 12.1. The van der Waals surface area contributed by atoms with Crippen molar-refractivity contribution in [3.05, 3.63) is 23.8 Å².